The molecule has 0 fully saturated rings. The van der Waals surface area contributed by atoms with Crippen LogP contribution < -0.4 is 10.9 Å². The molecule has 0 radical (unpaired) electrons. The van der Waals surface area contributed by atoms with Gasteiger partial charge in [-0.15, -0.1) is 0 Å². The van der Waals surface area contributed by atoms with Crippen molar-refractivity contribution in [3.8, 4) is 0 Å². The molecule has 0 atom stereocenters. The zero-order valence-electron chi connectivity index (χ0n) is 11.8. The van der Waals surface area contributed by atoms with E-state index in [2.05, 4.69) is 20.5 Å². The van der Waals surface area contributed by atoms with Crippen LogP contribution in [0.4, 0.5) is 4.39 Å². The number of fused-ring (bicyclic) bond motifs is 1. The summed E-state index contributed by atoms with van der Waals surface area (Å²) < 4.78 is 13.6. The van der Waals surface area contributed by atoms with Crippen molar-refractivity contribution in [2.75, 3.05) is 0 Å². The Morgan fingerprint density at radius 1 is 1.30 bits per heavy atom. The largest absolute Gasteiger partial charge is 0.358 e. The summed E-state index contributed by atoms with van der Waals surface area (Å²) in [6.07, 6.45) is 5.76. The number of rotatable bonds is 3. The van der Waals surface area contributed by atoms with E-state index >= 15 is 0 Å². The highest BCUT2D eigenvalue weighted by molar-refractivity contribution is 5.97. The molecule has 114 valence electrons. The lowest BCUT2D eigenvalue weighted by Crippen LogP contribution is -2.25. The van der Waals surface area contributed by atoms with Crippen molar-refractivity contribution >= 4 is 23.0 Å². The highest BCUT2D eigenvalue weighted by atomic mass is 19.1. The van der Waals surface area contributed by atoms with Crippen LogP contribution in [-0.2, 0) is 0 Å². The van der Waals surface area contributed by atoms with Gasteiger partial charge in [0.15, 0.2) is 0 Å². The number of amides is 1. The van der Waals surface area contributed by atoms with E-state index in [0.29, 0.717) is 5.56 Å². The van der Waals surface area contributed by atoms with Gasteiger partial charge < -0.3 is 4.98 Å². The summed E-state index contributed by atoms with van der Waals surface area (Å²) in [4.78, 5) is 30.8. The number of aromatic amines is 1. The number of hydrogen-bond donors (Lipinski definition) is 2. The second-order valence-corrected chi connectivity index (χ2v) is 4.68. The second kappa shape index (κ2) is 6.18. The number of aromatic nitrogens is 2. The van der Waals surface area contributed by atoms with Crippen molar-refractivity contribution in [1.29, 1.82) is 0 Å². The maximum atomic E-state index is 13.6. The fourth-order valence-corrected chi connectivity index (χ4v) is 2.06. The van der Waals surface area contributed by atoms with Gasteiger partial charge in [0.25, 0.3) is 5.91 Å². The molecule has 23 heavy (non-hydrogen) atoms. The third kappa shape index (κ3) is 2.98. The number of benzene rings is 1. The Morgan fingerprint density at radius 3 is 2.96 bits per heavy atom. The topological polar surface area (TPSA) is 87.2 Å². The van der Waals surface area contributed by atoms with E-state index < -0.39 is 17.2 Å². The van der Waals surface area contributed by atoms with Crippen LogP contribution in [0.5, 0.6) is 0 Å². The van der Waals surface area contributed by atoms with E-state index in [1.165, 1.54) is 30.6 Å². The lowest BCUT2D eigenvalue weighted by molar-refractivity contribution is 0.0954. The summed E-state index contributed by atoms with van der Waals surface area (Å²) in [5.74, 6) is -1.24. The number of hydrazone groups is 1. The van der Waals surface area contributed by atoms with Crippen LogP contribution in [0.15, 0.2) is 58.8 Å². The smallest absolute Gasteiger partial charge is 0.276 e. The van der Waals surface area contributed by atoms with E-state index in [1.807, 2.05) is 0 Å². The molecule has 0 aliphatic heterocycles. The molecule has 0 aliphatic carbocycles. The molecule has 0 bridgehead atoms. The molecule has 7 heteroatoms. The van der Waals surface area contributed by atoms with Gasteiger partial charge in [-0.25, -0.2) is 9.82 Å². The second-order valence-electron chi connectivity index (χ2n) is 4.68. The minimum atomic E-state index is -0.683. The van der Waals surface area contributed by atoms with Crippen LogP contribution in [0.3, 0.4) is 0 Å². The standard InChI is InChI=1S/C16H11FN4O2/c17-13-5-1-4-11-14(13)19-9-12(15(11)22)16(23)21-20-8-10-3-2-6-18-7-10/h1-9H,(H,19,22)(H,21,23)/b20-8+. The van der Waals surface area contributed by atoms with Gasteiger partial charge in [-0.1, -0.05) is 12.1 Å². The van der Waals surface area contributed by atoms with Gasteiger partial charge in [0.05, 0.1) is 11.7 Å². The highest BCUT2D eigenvalue weighted by Gasteiger charge is 2.13. The van der Waals surface area contributed by atoms with Crippen LogP contribution in [0.2, 0.25) is 0 Å². The molecule has 2 N–H and O–H groups in total. The number of para-hydroxylation sites is 1. The summed E-state index contributed by atoms with van der Waals surface area (Å²) in [5, 5.41) is 3.87. The van der Waals surface area contributed by atoms with E-state index in [0.717, 1.165) is 0 Å². The quantitative estimate of drug-likeness (QED) is 0.571. The van der Waals surface area contributed by atoms with Crippen molar-refractivity contribution < 1.29 is 9.18 Å². The molecular formula is C16H11FN4O2. The molecule has 1 aromatic carbocycles. The summed E-state index contributed by atoms with van der Waals surface area (Å²) in [6, 6.07) is 7.58. The average molecular weight is 310 g/mol. The van der Waals surface area contributed by atoms with Gasteiger partial charge in [0.2, 0.25) is 5.43 Å². The molecule has 6 nitrogen and oxygen atoms in total. The summed E-state index contributed by atoms with van der Waals surface area (Å²) in [5.41, 5.74) is 2.31. The number of nitrogens with zero attached hydrogens (tertiary/aromatic N) is 2. The van der Waals surface area contributed by atoms with Crippen molar-refractivity contribution in [3.05, 3.63) is 76.1 Å². The molecule has 3 aromatic rings. The SMILES string of the molecule is O=C(N/N=C/c1cccnc1)c1c[nH]c2c(F)cccc2c1=O. The lowest BCUT2D eigenvalue weighted by Gasteiger charge is -2.03. The molecule has 0 unspecified atom stereocenters. The van der Waals surface area contributed by atoms with Crippen LogP contribution in [0.1, 0.15) is 15.9 Å². The first-order valence-electron chi connectivity index (χ1n) is 6.70. The van der Waals surface area contributed by atoms with Crippen molar-refractivity contribution in [2.45, 2.75) is 0 Å². The number of pyridine rings is 2. The number of H-pyrrole nitrogens is 1. The molecular weight excluding hydrogens is 299 g/mol. The lowest BCUT2D eigenvalue weighted by atomic mass is 10.1. The first-order chi connectivity index (χ1) is 11.2. The predicted octanol–water partition coefficient (Wildman–Crippen LogP) is 1.83. The normalized spacial score (nSPS) is 11.0. The van der Waals surface area contributed by atoms with Gasteiger partial charge in [-0.2, -0.15) is 5.10 Å². The average Bonchev–Trinajstić information content (AvgIpc) is 2.57. The zero-order valence-corrected chi connectivity index (χ0v) is 11.8. The molecule has 0 aliphatic rings. The Hall–Kier alpha value is -3.35. The minimum absolute atomic E-state index is 0.0629. The van der Waals surface area contributed by atoms with Gasteiger partial charge in [0, 0.05) is 29.5 Å². The molecule has 3 rings (SSSR count). The van der Waals surface area contributed by atoms with E-state index in [4.69, 9.17) is 0 Å². The van der Waals surface area contributed by atoms with Crippen LogP contribution in [0.25, 0.3) is 10.9 Å². The van der Waals surface area contributed by atoms with Gasteiger partial charge in [0.1, 0.15) is 11.4 Å². The van der Waals surface area contributed by atoms with Crippen LogP contribution in [0, 0.1) is 5.82 Å². The van der Waals surface area contributed by atoms with Gasteiger partial charge >= 0.3 is 0 Å². The molecule has 0 saturated carbocycles. The minimum Gasteiger partial charge on any atom is -0.358 e. The molecule has 0 spiro atoms. The molecule has 2 aromatic heterocycles. The van der Waals surface area contributed by atoms with Crippen molar-refractivity contribution in [1.82, 2.24) is 15.4 Å². The van der Waals surface area contributed by atoms with E-state index in [1.54, 1.807) is 24.5 Å². The van der Waals surface area contributed by atoms with E-state index in [9.17, 15) is 14.0 Å². The predicted molar refractivity (Wildman–Crippen MR) is 83.8 cm³/mol. The third-order valence-electron chi connectivity index (χ3n) is 3.17. The first-order valence-corrected chi connectivity index (χ1v) is 6.70. The van der Waals surface area contributed by atoms with Gasteiger partial charge in [-0.3, -0.25) is 14.6 Å². The van der Waals surface area contributed by atoms with E-state index in [-0.39, 0.29) is 16.5 Å². The number of carbonyl (C=O) groups excluding carboxylic acids is 1. The van der Waals surface area contributed by atoms with Crippen LogP contribution in [-0.4, -0.2) is 22.1 Å². The number of carbonyl (C=O) groups is 1. The number of halogens is 1. The fraction of sp³-hybridized carbons (Fsp3) is 0. The monoisotopic (exact) mass is 310 g/mol. The summed E-state index contributed by atoms with van der Waals surface area (Å²) >= 11 is 0. The summed E-state index contributed by atoms with van der Waals surface area (Å²) in [7, 11) is 0. The fourth-order valence-electron chi connectivity index (χ4n) is 2.06. The Bertz CT molecular complexity index is 951. The first kappa shape index (κ1) is 14.6. The van der Waals surface area contributed by atoms with Crippen molar-refractivity contribution in [3.63, 3.8) is 0 Å². The Balaban J connectivity index is 1.86. The van der Waals surface area contributed by atoms with Gasteiger partial charge in [-0.05, 0) is 18.2 Å². The summed E-state index contributed by atoms with van der Waals surface area (Å²) in [6.45, 7) is 0. The number of hydrogen-bond acceptors (Lipinski definition) is 4. The Kier molecular flexibility index (Phi) is 3.92. The maximum Gasteiger partial charge on any atom is 0.276 e. The Labute approximate surface area is 129 Å². The third-order valence-corrected chi connectivity index (χ3v) is 3.17. The van der Waals surface area contributed by atoms with Crippen LogP contribution >= 0.6 is 0 Å². The van der Waals surface area contributed by atoms with Crippen molar-refractivity contribution in [2.24, 2.45) is 5.10 Å². The zero-order chi connectivity index (χ0) is 16.2. The molecule has 0 saturated heterocycles. The number of nitrogens with one attached hydrogen (secondary N) is 2. The Morgan fingerprint density at radius 2 is 2.17 bits per heavy atom. The highest BCUT2D eigenvalue weighted by Crippen LogP contribution is 2.11. The molecule has 1 amide bonds. The maximum absolute atomic E-state index is 13.6. The molecule has 2 heterocycles.